The minimum Gasteiger partial charge on any atom is -0.305 e. The summed E-state index contributed by atoms with van der Waals surface area (Å²) in [7, 11) is 4.02. The molecule has 1 aliphatic heterocycles. The molecule has 1 heterocycles. The summed E-state index contributed by atoms with van der Waals surface area (Å²) in [5.74, 6) is -0.714. The normalized spacial score (nSPS) is 20.3. The lowest BCUT2D eigenvalue weighted by atomic mass is 10.0. The maximum atomic E-state index is 14.0. The van der Waals surface area contributed by atoms with Gasteiger partial charge in [0, 0.05) is 30.8 Å². The minimum atomic E-state index is -0.714. The molecule has 0 aliphatic carbocycles. The Bertz CT molecular complexity index is 495. The molecule has 20 heavy (non-hydrogen) atoms. The van der Waals surface area contributed by atoms with Crippen molar-refractivity contribution in [1.82, 2.24) is 9.80 Å². The topological polar surface area (TPSA) is 49.6 Å². The van der Waals surface area contributed by atoms with Crippen LogP contribution in [0.5, 0.6) is 0 Å². The molecule has 0 radical (unpaired) electrons. The molecule has 0 aromatic heterocycles. The summed E-state index contributed by atoms with van der Waals surface area (Å²) >= 11 is 0. The van der Waals surface area contributed by atoms with Crippen LogP contribution >= 0.6 is 0 Å². The second kappa shape index (κ2) is 6.28. The lowest BCUT2D eigenvalue weighted by molar-refractivity contribution is -0.387. The fraction of sp³-hybridized carbons (Fsp3) is 0.571. The number of benzene rings is 1. The predicted octanol–water partition coefficient (Wildman–Crippen LogP) is 2.26. The lowest BCUT2D eigenvalue weighted by Crippen LogP contribution is -2.44. The zero-order valence-corrected chi connectivity index (χ0v) is 11.9. The Labute approximate surface area is 118 Å². The van der Waals surface area contributed by atoms with E-state index in [1.54, 1.807) is 6.07 Å². The van der Waals surface area contributed by atoms with Crippen molar-refractivity contribution >= 4 is 5.69 Å². The van der Waals surface area contributed by atoms with E-state index in [9.17, 15) is 14.5 Å². The maximum Gasteiger partial charge on any atom is 0.305 e. The average Bonchev–Trinajstić information content (AvgIpc) is 2.40. The molecule has 0 bridgehead atoms. The first-order chi connectivity index (χ1) is 9.49. The van der Waals surface area contributed by atoms with E-state index < -0.39 is 16.4 Å². The molecule has 1 aromatic carbocycles. The molecule has 0 N–H and O–H groups in total. The van der Waals surface area contributed by atoms with Crippen molar-refractivity contribution in [3.05, 3.63) is 39.7 Å². The number of halogens is 1. The fourth-order valence-corrected chi connectivity index (χ4v) is 2.73. The molecule has 0 amide bonds. The molecule has 0 spiro atoms. The first-order valence-corrected chi connectivity index (χ1v) is 6.79. The second-order valence-electron chi connectivity index (χ2n) is 5.48. The van der Waals surface area contributed by atoms with Gasteiger partial charge in [0.15, 0.2) is 0 Å². The van der Waals surface area contributed by atoms with Crippen LogP contribution in [0.2, 0.25) is 0 Å². The maximum absolute atomic E-state index is 14.0. The van der Waals surface area contributed by atoms with Crippen LogP contribution in [0.3, 0.4) is 0 Å². The van der Waals surface area contributed by atoms with Crippen LogP contribution in [0, 0.1) is 15.9 Å². The van der Waals surface area contributed by atoms with Crippen LogP contribution in [0.4, 0.5) is 10.1 Å². The number of nitro groups is 1. The van der Waals surface area contributed by atoms with E-state index >= 15 is 0 Å². The van der Waals surface area contributed by atoms with Crippen molar-refractivity contribution in [3.8, 4) is 0 Å². The van der Waals surface area contributed by atoms with Gasteiger partial charge in [-0.2, -0.15) is 4.39 Å². The Morgan fingerprint density at radius 3 is 2.95 bits per heavy atom. The monoisotopic (exact) mass is 281 g/mol. The molecular weight excluding hydrogens is 261 g/mol. The summed E-state index contributed by atoms with van der Waals surface area (Å²) in [4.78, 5) is 14.4. The zero-order chi connectivity index (χ0) is 14.7. The number of piperidine rings is 1. The van der Waals surface area contributed by atoms with Crippen molar-refractivity contribution in [1.29, 1.82) is 0 Å². The van der Waals surface area contributed by atoms with Gasteiger partial charge in [-0.15, -0.1) is 0 Å². The number of nitro benzene ring substituents is 1. The highest BCUT2D eigenvalue weighted by Crippen LogP contribution is 2.23. The summed E-state index contributed by atoms with van der Waals surface area (Å²) in [6.07, 6.45) is 2.21. The summed E-state index contributed by atoms with van der Waals surface area (Å²) < 4.78 is 14.0. The van der Waals surface area contributed by atoms with Crippen molar-refractivity contribution in [3.63, 3.8) is 0 Å². The van der Waals surface area contributed by atoms with Crippen molar-refractivity contribution < 1.29 is 9.31 Å². The lowest BCUT2D eigenvalue weighted by Gasteiger charge is -2.35. The van der Waals surface area contributed by atoms with E-state index in [0.717, 1.165) is 25.9 Å². The van der Waals surface area contributed by atoms with Crippen molar-refractivity contribution in [2.45, 2.75) is 25.4 Å². The number of likely N-dealkylation sites (tertiary alicyclic amines) is 1. The molecule has 0 saturated carbocycles. The third-order valence-corrected chi connectivity index (χ3v) is 3.90. The second-order valence-corrected chi connectivity index (χ2v) is 5.48. The minimum absolute atomic E-state index is 0.368. The van der Waals surface area contributed by atoms with Gasteiger partial charge >= 0.3 is 5.69 Å². The SMILES string of the molecule is CN1CCCC(N(C)Cc2cccc([N+](=O)[O-])c2F)C1. The van der Waals surface area contributed by atoms with Crippen LogP contribution in [-0.2, 0) is 6.54 Å². The molecule has 110 valence electrons. The van der Waals surface area contributed by atoms with Gasteiger partial charge in [-0.3, -0.25) is 15.0 Å². The summed E-state index contributed by atoms with van der Waals surface area (Å²) in [5, 5.41) is 10.7. The smallest absolute Gasteiger partial charge is 0.305 e. The van der Waals surface area contributed by atoms with Crippen LogP contribution < -0.4 is 0 Å². The Balaban J connectivity index is 2.09. The molecule has 1 atom stereocenters. The molecular formula is C14H20FN3O2. The molecule has 5 nitrogen and oxygen atoms in total. The molecule has 1 unspecified atom stereocenters. The van der Waals surface area contributed by atoms with Gasteiger partial charge < -0.3 is 4.90 Å². The van der Waals surface area contributed by atoms with E-state index in [4.69, 9.17) is 0 Å². The fourth-order valence-electron chi connectivity index (χ4n) is 2.73. The van der Waals surface area contributed by atoms with Crippen molar-refractivity contribution in [2.75, 3.05) is 27.2 Å². The summed E-state index contributed by atoms with van der Waals surface area (Å²) in [6, 6.07) is 4.73. The molecule has 1 fully saturated rings. The van der Waals surface area contributed by atoms with Gasteiger partial charge in [0.2, 0.25) is 5.82 Å². The van der Waals surface area contributed by atoms with Gasteiger partial charge in [-0.25, -0.2) is 0 Å². The van der Waals surface area contributed by atoms with E-state index in [0.29, 0.717) is 18.2 Å². The number of rotatable bonds is 4. The van der Waals surface area contributed by atoms with Gasteiger partial charge in [-0.1, -0.05) is 12.1 Å². The third kappa shape index (κ3) is 3.32. The van der Waals surface area contributed by atoms with E-state index in [1.807, 2.05) is 7.05 Å². The van der Waals surface area contributed by atoms with Gasteiger partial charge in [-0.05, 0) is 33.5 Å². The van der Waals surface area contributed by atoms with Gasteiger partial charge in [0.25, 0.3) is 0 Å². The Hall–Kier alpha value is -1.53. The van der Waals surface area contributed by atoms with Gasteiger partial charge in [0.1, 0.15) is 0 Å². The highest BCUT2D eigenvalue weighted by molar-refractivity contribution is 5.36. The van der Waals surface area contributed by atoms with Crippen molar-refractivity contribution in [2.24, 2.45) is 0 Å². The third-order valence-electron chi connectivity index (χ3n) is 3.90. The molecule has 2 rings (SSSR count). The number of nitrogens with zero attached hydrogens (tertiary/aromatic N) is 3. The zero-order valence-electron chi connectivity index (χ0n) is 11.9. The summed E-state index contributed by atoms with van der Waals surface area (Å²) in [6.45, 7) is 2.44. The average molecular weight is 281 g/mol. The Morgan fingerprint density at radius 1 is 1.55 bits per heavy atom. The predicted molar refractivity (Wildman–Crippen MR) is 75.0 cm³/mol. The Kier molecular flexibility index (Phi) is 4.67. The van der Waals surface area contributed by atoms with E-state index in [1.165, 1.54) is 12.1 Å². The molecule has 6 heteroatoms. The Morgan fingerprint density at radius 2 is 2.30 bits per heavy atom. The van der Waals surface area contributed by atoms with Crippen LogP contribution in [-0.4, -0.2) is 47.9 Å². The van der Waals surface area contributed by atoms with Gasteiger partial charge in [0.05, 0.1) is 4.92 Å². The first kappa shape index (κ1) is 14.9. The quantitative estimate of drug-likeness (QED) is 0.627. The highest BCUT2D eigenvalue weighted by atomic mass is 19.1. The molecule has 1 aromatic rings. The number of hydrogen-bond acceptors (Lipinski definition) is 4. The molecule has 1 saturated heterocycles. The number of likely N-dealkylation sites (N-methyl/N-ethyl adjacent to an activating group) is 2. The summed E-state index contributed by atoms with van der Waals surface area (Å²) in [5.41, 5.74) is -0.0633. The molecule has 1 aliphatic rings. The van der Waals surface area contributed by atoms with E-state index in [2.05, 4.69) is 16.8 Å². The standard InChI is InChI=1S/C14H20FN3O2/c1-16-8-4-6-12(10-16)17(2)9-11-5-3-7-13(14(11)15)18(19)20/h3,5,7,12H,4,6,8-10H2,1-2H3. The van der Waals surface area contributed by atoms with Crippen LogP contribution in [0.15, 0.2) is 18.2 Å². The van der Waals surface area contributed by atoms with Crippen LogP contribution in [0.25, 0.3) is 0 Å². The van der Waals surface area contributed by atoms with E-state index in [-0.39, 0.29) is 0 Å². The first-order valence-electron chi connectivity index (χ1n) is 6.79. The number of hydrogen-bond donors (Lipinski definition) is 0. The largest absolute Gasteiger partial charge is 0.305 e. The van der Waals surface area contributed by atoms with Crippen LogP contribution in [0.1, 0.15) is 18.4 Å². The highest BCUT2D eigenvalue weighted by Gasteiger charge is 2.23.